The SMILES string of the molecule is O=C(c1ccccc1)N1CCC(CCO)C(O)C1Cc1c[nH]c2ccccc12. The predicted octanol–water partition coefficient (Wildman–Crippen LogP) is 2.98. The van der Waals surface area contributed by atoms with E-state index in [9.17, 15) is 15.0 Å². The number of aliphatic hydroxyl groups is 2. The number of H-pyrrole nitrogens is 1. The van der Waals surface area contributed by atoms with Crippen LogP contribution in [0.25, 0.3) is 10.9 Å². The van der Waals surface area contributed by atoms with Gasteiger partial charge in [-0.15, -0.1) is 0 Å². The Balaban J connectivity index is 1.65. The van der Waals surface area contributed by atoms with Crippen molar-refractivity contribution in [2.75, 3.05) is 13.2 Å². The normalized spacial score (nSPS) is 22.5. The van der Waals surface area contributed by atoms with Crippen LogP contribution in [0.15, 0.2) is 60.8 Å². The van der Waals surface area contributed by atoms with Crippen LogP contribution in [0.2, 0.25) is 0 Å². The number of nitrogens with zero attached hydrogens (tertiary/aromatic N) is 1. The van der Waals surface area contributed by atoms with Gasteiger partial charge in [0.05, 0.1) is 12.1 Å². The molecule has 0 aliphatic carbocycles. The van der Waals surface area contributed by atoms with Gasteiger partial charge in [0.1, 0.15) is 0 Å². The van der Waals surface area contributed by atoms with E-state index in [2.05, 4.69) is 11.1 Å². The summed E-state index contributed by atoms with van der Waals surface area (Å²) in [6.07, 6.45) is 3.13. The Morgan fingerprint density at radius 2 is 1.86 bits per heavy atom. The topological polar surface area (TPSA) is 76.6 Å². The Hall–Kier alpha value is -2.63. The quantitative estimate of drug-likeness (QED) is 0.639. The second-order valence-electron chi connectivity index (χ2n) is 7.55. The maximum Gasteiger partial charge on any atom is 0.254 e. The zero-order valence-corrected chi connectivity index (χ0v) is 15.8. The van der Waals surface area contributed by atoms with Crippen molar-refractivity contribution in [2.24, 2.45) is 5.92 Å². The second kappa shape index (κ2) is 8.17. The summed E-state index contributed by atoms with van der Waals surface area (Å²) in [5.74, 6) is -0.0491. The average molecular weight is 378 g/mol. The van der Waals surface area contributed by atoms with E-state index >= 15 is 0 Å². The third kappa shape index (κ3) is 3.55. The number of nitrogens with one attached hydrogen (secondary N) is 1. The lowest BCUT2D eigenvalue weighted by Gasteiger charge is -2.43. The van der Waals surface area contributed by atoms with Gasteiger partial charge >= 0.3 is 0 Å². The van der Waals surface area contributed by atoms with E-state index in [-0.39, 0.29) is 24.5 Å². The molecular weight excluding hydrogens is 352 g/mol. The van der Waals surface area contributed by atoms with E-state index in [1.54, 1.807) is 0 Å². The van der Waals surface area contributed by atoms with Crippen LogP contribution in [0.3, 0.4) is 0 Å². The van der Waals surface area contributed by atoms with Crippen LogP contribution in [-0.2, 0) is 6.42 Å². The molecule has 3 aromatic rings. The fraction of sp³-hybridized carbons (Fsp3) is 0.348. The second-order valence-corrected chi connectivity index (χ2v) is 7.55. The van der Waals surface area contributed by atoms with Crippen molar-refractivity contribution >= 4 is 16.8 Å². The highest BCUT2D eigenvalue weighted by atomic mass is 16.3. The van der Waals surface area contributed by atoms with Crippen molar-refractivity contribution in [1.29, 1.82) is 0 Å². The van der Waals surface area contributed by atoms with E-state index in [4.69, 9.17) is 0 Å². The molecule has 28 heavy (non-hydrogen) atoms. The molecule has 5 heteroatoms. The summed E-state index contributed by atoms with van der Waals surface area (Å²) in [6, 6.07) is 17.0. The molecule has 0 bridgehead atoms. The number of aromatic amines is 1. The summed E-state index contributed by atoms with van der Waals surface area (Å²) < 4.78 is 0. The van der Waals surface area contributed by atoms with Crippen molar-refractivity contribution in [1.82, 2.24) is 9.88 Å². The largest absolute Gasteiger partial charge is 0.396 e. The highest BCUT2D eigenvalue weighted by Crippen LogP contribution is 2.31. The molecule has 0 spiro atoms. The number of hydrogen-bond acceptors (Lipinski definition) is 3. The van der Waals surface area contributed by atoms with E-state index in [0.29, 0.717) is 31.4 Å². The van der Waals surface area contributed by atoms with Crippen LogP contribution < -0.4 is 0 Å². The molecule has 0 radical (unpaired) electrons. The standard InChI is InChI=1S/C23H26N2O3/c26-13-11-16-10-12-25(23(28)17-6-2-1-3-7-17)21(22(16)27)14-18-15-24-20-9-5-4-8-19(18)20/h1-9,15-16,21-22,24,26-27H,10-14H2. The van der Waals surface area contributed by atoms with Crippen LogP contribution in [0, 0.1) is 5.92 Å². The number of piperidine rings is 1. The molecule has 1 aliphatic heterocycles. The summed E-state index contributed by atoms with van der Waals surface area (Å²) in [6.45, 7) is 0.636. The number of aromatic nitrogens is 1. The first-order chi connectivity index (χ1) is 13.7. The molecule has 3 unspecified atom stereocenters. The molecule has 1 saturated heterocycles. The molecule has 2 heterocycles. The molecule has 4 rings (SSSR count). The van der Waals surface area contributed by atoms with Gasteiger partial charge in [0, 0.05) is 35.8 Å². The summed E-state index contributed by atoms with van der Waals surface area (Å²) in [7, 11) is 0. The Bertz CT molecular complexity index is 937. The summed E-state index contributed by atoms with van der Waals surface area (Å²) in [5, 5.41) is 21.6. The fourth-order valence-electron chi connectivity index (χ4n) is 4.38. The minimum absolute atomic E-state index is 0.0000272. The van der Waals surface area contributed by atoms with Crippen LogP contribution in [0.5, 0.6) is 0 Å². The Morgan fingerprint density at radius 1 is 1.11 bits per heavy atom. The number of benzene rings is 2. The molecule has 1 fully saturated rings. The van der Waals surface area contributed by atoms with Gasteiger partial charge in [-0.2, -0.15) is 0 Å². The summed E-state index contributed by atoms with van der Waals surface area (Å²) in [4.78, 5) is 18.3. The third-order valence-corrected chi connectivity index (χ3v) is 5.90. The van der Waals surface area contributed by atoms with Gasteiger partial charge in [-0.1, -0.05) is 36.4 Å². The van der Waals surface area contributed by atoms with Gasteiger partial charge in [-0.25, -0.2) is 0 Å². The lowest BCUT2D eigenvalue weighted by Crippen LogP contribution is -2.55. The van der Waals surface area contributed by atoms with Crippen molar-refractivity contribution in [3.63, 3.8) is 0 Å². The third-order valence-electron chi connectivity index (χ3n) is 5.90. The zero-order valence-electron chi connectivity index (χ0n) is 15.8. The van der Waals surface area contributed by atoms with Crippen molar-refractivity contribution in [3.8, 4) is 0 Å². The molecule has 146 valence electrons. The molecule has 0 saturated carbocycles. The van der Waals surface area contributed by atoms with Gasteiger partial charge in [0.25, 0.3) is 5.91 Å². The lowest BCUT2D eigenvalue weighted by atomic mass is 9.82. The molecular formula is C23H26N2O3. The molecule has 1 amide bonds. The van der Waals surface area contributed by atoms with Gasteiger partial charge < -0.3 is 20.1 Å². The number of likely N-dealkylation sites (tertiary alicyclic amines) is 1. The monoisotopic (exact) mass is 378 g/mol. The Labute approximate surface area is 164 Å². The molecule has 1 aliphatic rings. The van der Waals surface area contributed by atoms with Gasteiger partial charge in [-0.3, -0.25) is 4.79 Å². The number of para-hydroxylation sites is 1. The van der Waals surface area contributed by atoms with Crippen molar-refractivity contribution < 1.29 is 15.0 Å². The van der Waals surface area contributed by atoms with Crippen molar-refractivity contribution in [3.05, 3.63) is 71.9 Å². The molecule has 1 aromatic heterocycles. The average Bonchev–Trinajstić information content (AvgIpc) is 3.14. The van der Waals surface area contributed by atoms with E-state index in [0.717, 1.165) is 16.5 Å². The van der Waals surface area contributed by atoms with Gasteiger partial charge in [0.15, 0.2) is 0 Å². The number of fused-ring (bicyclic) bond motifs is 1. The number of aliphatic hydroxyl groups excluding tert-OH is 2. The van der Waals surface area contributed by atoms with Crippen LogP contribution in [-0.4, -0.2) is 51.3 Å². The summed E-state index contributed by atoms with van der Waals surface area (Å²) >= 11 is 0. The first kappa shape index (κ1) is 18.7. The molecule has 3 N–H and O–H groups in total. The number of carbonyl (C=O) groups excluding carboxylic acids is 1. The maximum atomic E-state index is 13.2. The number of hydrogen-bond donors (Lipinski definition) is 3. The van der Waals surface area contributed by atoms with Gasteiger partial charge in [-0.05, 0) is 48.9 Å². The summed E-state index contributed by atoms with van der Waals surface area (Å²) in [5.41, 5.74) is 2.78. The minimum atomic E-state index is -0.665. The molecule has 5 nitrogen and oxygen atoms in total. The Morgan fingerprint density at radius 3 is 2.64 bits per heavy atom. The maximum absolute atomic E-state index is 13.2. The van der Waals surface area contributed by atoms with E-state index in [1.807, 2.05) is 59.6 Å². The zero-order chi connectivity index (χ0) is 19.5. The predicted molar refractivity (Wildman–Crippen MR) is 109 cm³/mol. The van der Waals surface area contributed by atoms with Crippen LogP contribution >= 0.6 is 0 Å². The number of carbonyl (C=O) groups is 1. The number of rotatable bonds is 5. The molecule has 3 atom stereocenters. The lowest BCUT2D eigenvalue weighted by molar-refractivity contribution is -0.0274. The fourth-order valence-corrected chi connectivity index (χ4v) is 4.38. The first-order valence-electron chi connectivity index (χ1n) is 9.89. The smallest absolute Gasteiger partial charge is 0.254 e. The van der Waals surface area contributed by atoms with Gasteiger partial charge in [0.2, 0.25) is 0 Å². The Kier molecular flexibility index (Phi) is 5.46. The highest BCUT2D eigenvalue weighted by Gasteiger charge is 2.39. The minimum Gasteiger partial charge on any atom is -0.396 e. The van der Waals surface area contributed by atoms with Crippen LogP contribution in [0.4, 0.5) is 0 Å². The first-order valence-corrected chi connectivity index (χ1v) is 9.89. The highest BCUT2D eigenvalue weighted by molar-refractivity contribution is 5.94. The molecule has 2 aromatic carbocycles. The van der Waals surface area contributed by atoms with Crippen LogP contribution in [0.1, 0.15) is 28.8 Å². The van der Waals surface area contributed by atoms with E-state index in [1.165, 1.54) is 0 Å². The van der Waals surface area contributed by atoms with E-state index < -0.39 is 6.10 Å². The number of amides is 1. The van der Waals surface area contributed by atoms with Crippen molar-refractivity contribution in [2.45, 2.75) is 31.4 Å².